The minimum atomic E-state index is -2.19. The van der Waals surface area contributed by atoms with Crippen LogP contribution in [0.25, 0.3) is 0 Å². The van der Waals surface area contributed by atoms with E-state index < -0.39 is 224 Å². The SMILES string of the molecule is OC[C@H]1O[C@@H](O[C@@H]2[C@H](O)[C@H](O[C@@H]3[C@H](O)[C@H](OC[C@H]4O[C@@H](O)[C@@H](O)[C@@H](OC5O[C@H](CO)[C@H](O)[C@H](O[C@@H]6O[C@H](CO)[C@H](O)[C@H](O)[C@@H]6O)[C@@H]5O)[C@H]4O)O[C@H](CO)[C@@H]3O)O[C@H](CO)[C@@H]2O)[C@@H](O)[C@@H](O)[C@H]1O. The molecule has 0 aliphatic carbocycles. The van der Waals surface area contributed by atoms with E-state index in [1.807, 2.05) is 0 Å². The lowest BCUT2D eigenvalue weighted by Crippen LogP contribution is -2.67. The van der Waals surface area contributed by atoms with Crippen LogP contribution in [0.1, 0.15) is 0 Å². The van der Waals surface area contributed by atoms with Gasteiger partial charge in [-0.2, -0.15) is 0 Å². The Balaban J connectivity index is 1.12. The van der Waals surface area contributed by atoms with Gasteiger partial charge in [-0.1, -0.05) is 0 Å². The molecule has 30 atom stereocenters. The highest BCUT2D eigenvalue weighted by atomic mass is 16.8. The number of ether oxygens (including phenoxy) is 11. The molecular formula is C36H62O31. The summed E-state index contributed by atoms with van der Waals surface area (Å²) in [6.07, 6.45) is -57.3. The molecule has 6 heterocycles. The molecule has 67 heavy (non-hydrogen) atoms. The quantitative estimate of drug-likeness (QED) is 0.0683. The van der Waals surface area contributed by atoms with Gasteiger partial charge in [0.25, 0.3) is 0 Å². The predicted octanol–water partition coefficient (Wildman–Crippen LogP) is -14.1. The Morgan fingerprint density at radius 3 is 0.866 bits per heavy atom. The highest BCUT2D eigenvalue weighted by molar-refractivity contribution is 4.99. The lowest BCUT2D eigenvalue weighted by atomic mass is 9.95. The third-order valence-corrected chi connectivity index (χ3v) is 12.4. The van der Waals surface area contributed by atoms with Crippen molar-refractivity contribution in [2.45, 2.75) is 184 Å². The van der Waals surface area contributed by atoms with Crippen LogP contribution in [-0.2, 0) is 52.1 Å². The third kappa shape index (κ3) is 11.4. The molecule has 6 fully saturated rings. The molecule has 6 saturated heterocycles. The van der Waals surface area contributed by atoms with Gasteiger partial charge in [-0.25, -0.2) is 0 Å². The van der Waals surface area contributed by atoms with Crippen molar-refractivity contribution in [3.63, 3.8) is 0 Å². The fourth-order valence-electron chi connectivity index (χ4n) is 8.39. The maximum Gasteiger partial charge on any atom is 0.187 e. The zero-order chi connectivity index (χ0) is 49.3. The van der Waals surface area contributed by atoms with Gasteiger partial charge in [-0.15, -0.1) is 0 Å². The Morgan fingerprint density at radius 2 is 0.522 bits per heavy atom. The second-order valence-corrected chi connectivity index (χ2v) is 16.8. The molecule has 0 aromatic rings. The Bertz CT molecular complexity index is 1510. The van der Waals surface area contributed by atoms with Crippen LogP contribution >= 0.6 is 0 Å². The molecular weight excluding hydrogens is 928 g/mol. The van der Waals surface area contributed by atoms with Crippen molar-refractivity contribution >= 4 is 0 Å². The fourth-order valence-corrected chi connectivity index (χ4v) is 8.39. The zero-order valence-electron chi connectivity index (χ0n) is 35.0. The van der Waals surface area contributed by atoms with E-state index in [0.717, 1.165) is 0 Å². The van der Waals surface area contributed by atoms with Crippen molar-refractivity contribution < 1.29 is 154 Å². The standard InChI is InChI=1S/C36H62O31/c37-1-7-13(42)19(48)21(50)33(60-7)65-29-16(45)10(4-40)62-35(25(29)54)64-27-18(47)12(58-31(56)23(27)52)6-57-32-24(53)28(15(44)9(3-39)59-32)67-36-26(55)30(17(46)11(5-41)63-36)66-34-22(51)20(49)14(43)8(2-38)61-34/h7-56H,1-6H2/t7-,8-,9-,10-,11-,12-,13+,14+,15+,16+,17+,18+,19+,20+,21+,22+,23+,24+,25+,26+,27+,28+,29+,30+,31-,32-,33+,34+,35?,36+/m1/s1. The van der Waals surface area contributed by atoms with E-state index in [4.69, 9.17) is 52.1 Å². The van der Waals surface area contributed by atoms with Crippen LogP contribution in [-0.4, -0.2) is 326 Å². The topological polar surface area (TPSA) is 506 Å². The van der Waals surface area contributed by atoms with Crippen LogP contribution in [0.3, 0.4) is 0 Å². The number of aliphatic hydroxyl groups excluding tert-OH is 20. The van der Waals surface area contributed by atoms with Crippen molar-refractivity contribution in [2.75, 3.05) is 39.6 Å². The van der Waals surface area contributed by atoms with E-state index in [1.54, 1.807) is 0 Å². The van der Waals surface area contributed by atoms with Gasteiger partial charge in [0.2, 0.25) is 0 Å². The highest BCUT2D eigenvalue weighted by Gasteiger charge is 2.56. The molecule has 20 N–H and O–H groups in total. The van der Waals surface area contributed by atoms with E-state index in [1.165, 1.54) is 0 Å². The van der Waals surface area contributed by atoms with Crippen molar-refractivity contribution in [1.82, 2.24) is 0 Å². The van der Waals surface area contributed by atoms with E-state index >= 15 is 0 Å². The fraction of sp³-hybridized carbons (Fsp3) is 1.00. The first-order valence-electron chi connectivity index (χ1n) is 21.1. The second-order valence-electron chi connectivity index (χ2n) is 16.8. The molecule has 0 aromatic carbocycles. The van der Waals surface area contributed by atoms with E-state index in [9.17, 15) is 102 Å². The summed E-state index contributed by atoms with van der Waals surface area (Å²) in [5.41, 5.74) is 0. The maximum absolute atomic E-state index is 11.4. The number of hydrogen-bond acceptors (Lipinski definition) is 31. The summed E-state index contributed by atoms with van der Waals surface area (Å²) < 4.78 is 60.3. The maximum atomic E-state index is 11.4. The Morgan fingerprint density at radius 1 is 0.254 bits per heavy atom. The van der Waals surface area contributed by atoms with Crippen LogP contribution in [0.5, 0.6) is 0 Å². The predicted molar refractivity (Wildman–Crippen MR) is 199 cm³/mol. The summed E-state index contributed by atoms with van der Waals surface area (Å²) in [4.78, 5) is 0. The summed E-state index contributed by atoms with van der Waals surface area (Å²) in [6.45, 7) is -5.52. The second kappa shape index (κ2) is 23.5. The first-order valence-corrected chi connectivity index (χ1v) is 21.1. The third-order valence-electron chi connectivity index (χ3n) is 12.4. The van der Waals surface area contributed by atoms with Crippen molar-refractivity contribution in [1.29, 1.82) is 0 Å². The lowest BCUT2D eigenvalue weighted by Gasteiger charge is -2.48. The molecule has 0 bridgehead atoms. The minimum Gasteiger partial charge on any atom is -0.394 e. The summed E-state index contributed by atoms with van der Waals surface area (Å²) in [5, 5.41) is 210. The molecule has 1 unspecified atom stereocenters. The Labute approximate surface area is 378 Å². The average Bonchev–Trinajstić information content (AvgIpc) is 3.31. The molecule has 0 radical (unpaired) electrons. The van der Waals surface area contributed by atoms with Gasteiger partial charge in [-0.3, -0.25) is 0 Å². The first kappa shape index (κ1) is 55.1. The largest absolute Gasteiger partial charge is 0.394 e. The van der Waals surface area contributed by atoms with Gasteiger partial charge in [0.1, 0.15) is 146 Å². The van der Waals surface area contributed by atoms with Gasteiger partial charge < -0.3 is 154 Å². The van der Waals surface area contributed by atoms with Gasteiger partial charge >= 0.3 is 0 Å². The molecule has 6 aliphatic heterocycles. The number of rotatable bonds is 16. The molecule has 6 rings (SSSR count). The first-order chi connectivity index (χ1) is 31.7. The lowest BCUT2D eigenvalue weighted by molar-refractivity contribution is -0.386. The summed E-state index contributed by atoms with van der Waals surface area (Å²) in [5.74, 6) is 0. The van der Waals surface area contributed by atoms with Gasteiger partial charge in [0, 0.05) is 0 Å². The molecule has 0 amide bonds. The smallest absolute Gasteiger partial charge is 0.187 e. The van der Waals surface area contributed by atoms with Crippen LogP contribution in [0.15, 0.2) is 0 Å². The summed E-state index contributed by atoms with van der Waals surface area (Å²) >= 11 is 0. The minimum absolute atomic E-state index is 0.862. The van der Waals surface area contributed by atoms with E-state index in [0.29, 0.717) is 0 Å². The van der Waals surface area contributed by atoms with Crippen LogP contribution < -0.4 is 0 Å². The molecule has 0 aromatic heterocycles. The average molecular weight is 991 g/mol. The van der Waals surface area contributed by atoms with E-state index in [-0.39, 0.29) is 0 Å². The highest BCUT2D eigenvalue weighted by Crippen LogP contribution is 2.35. The molecule has 392 valence electrons. The zero-order valence-corrected chi connectivity index (χ0v) is 35.0. The monoisotopic (exact) mass is 990 g/mol. The van der Waals surface area contributed by atoms with Gasteiger partial charge in [0.15, 0.2) is 37.7 Å². The molecule has 31 heteroatoms. The van der Waals surface area contributed by atoms with Gasteiger partial charge in [-0.05, 0) is 0 Å². The van der Waals surface area contributed by atoms with E-state index in [2.05, 4.69) is 0 Å². The summed E-state index contributed by atoms with van der Waals surface area (Å²) in [7, 11) is 0. The van der Waals surface area contributed by atoms with Crippen molar-refractivity contribution in [3.8, 4) is 0 Å². The Kier molecular flexibility index (Phi) is 19.4. The Hall–Kier alpha value is -1.24. The molecule has 0 saturated carbocycles. The number of hydrogen-bond donors (Lipinski definition) is 20. The van der Waals surface area contributed by atoms with Crippen molar-refractivity contribution in [3.05, 3.63) is 0 Å². The molecule has 31 nitrogen and oxygen atoms in total. The molecule has 0 spiro atoms. The van der Waals surface area contributed by atoms with Crippen LogP contribution in [0.4, 0.5) is 0 Å². The van der Waals surface area contributed by atoms with Gasteiger partial charge in [0.05, 0.1) is 39.6 Å². The normalized spacial score (nSPS) is 53.4. The van der Waals surface area contributed by atoms with Crippen LogP contribution in [0.2, 0.25) is 0 Å². The molecule has 6 aliphatic rings. The van der Waals surface area contributed by atoms with Crippen molar-refractivity contribution in [2.24, 2.45) is 0 Å². The summed E-state index contributed by atoms with van der Waals surface area (Å²) in [6, 6.07) is 0. The number of aliphatic hydroxyl groups is 20. The van der Waals surface area contributed by atoms with Crippen LogP contribution in [0, 0.1) is 0 Å².